The lowest BCUT2D eigenvalue weighted by molar-refractivity contribution is 0.101. The Morgan fingerprint density at radius 2 is 1.91 bits per heavy atom. The molecule has 10 heteroatoms. The van der Waals surface area contributed by atoms with Gasteiger partial charge in [0.1, 0.15) is 5.56 Å². The fraction of sp³-hybridized carbons (Fsp3) is 0.520. The van der Waals surface area contributed by atoms with Gasteiger partial charge < -0.3 is 19.4 Å². The van der Waals surface area contributed by atoms with Crippen molar-refractivity contribution in [1.82, 2.24) is 9.97 Å². The molecule has 5 rings (SSSR count). The van der Waals surface area contributed by atoms with E-state index in [1.165, 1.54) is 6.92 Å². The first-order valence-electron chi connectivity index (χ1n) is 12.1. The number of fused-ring (bicyclic) bond motifs is 1. The predicted octanol–water partition coefficient (Wildman–Crippen LogP) is 6.23. The van der Waals surface area contributed by atoms with Gasteiger partial charge in [0, 0.05) is 5.02 Å². The number of halogens is 1. The van der Waals surface area contributed by atoms with E-state index in [0.29, 0.717) is 34.8 Å². The number of nitrogens with zero attached hydrogens (tertiary/aromatic N) is 1. The van der Waals surface area contributed by atoms with Crippen LogP contribution >= 0.6 is 19.2 Å². The summed E-state index contributed by atoms with van der Waals surface area (Å²) in [6, 6.07) is 3.64. The Kier molecular flexibility index (Phi) is 6.16. The number of H-pyrrole nitrogens is 1. The Bertz CT molecular complexity index is 1350. The Morgan fingerprint density at radius 3 is 2.54 bits per heavy atom. The van der Waals surface area contributed by atoms with E-state index in [1.54, 1.807) is 6.07 Å². The van der Waals surface area contributed by atoms with Gasteiger partial charge in [-0.05, 0) is 61.6 Å². The van der Waals surface area contributed by atoms with Gasteiger partial charge in [-0.1, -0.05) is 44.7 Å². The standard InChI is InChI=1S/C25H30ClN2O6P/c1-13(29)19-21(30)24(35(31,32)34-16-7-5-4-6-8-16)33-22(19)23-27-18-12-15(26)11-17(20(18)28-23)25(2,3)14-9-10-14/h11-12,14,16,30H,4-10H2,1-3H3,(H,27,28)(H,31,32). The minimum absolute atomic E-state index is 0.103. The van der Waals surface area contributed by atoms with Gasteiger partial charge in [0.2, 0.25) is 0 Å². The Balaban J connectivity index is 1.61. The van der Waals surface area contributed by atoms with Gasteiger partial charge in [-0.3, -0.25) is 13.9 Å². The molecule has 35 heavy (non-hydrogen) atoms. The Morgan fingerprint density at radius 1 is 1.23 bits per heavy atom. The molecule has 2 heterocycles. The van der Waals surface area contributed by atoms with E-state index in [0.717, 1.165) is 37.7 Å². The predicted molar refractivity (Wildman–Crippen MR) is 134 cm³/mol. The van der Waals surface area contributed by atoms with Crippen molar-refractivity contribution in [2.75, 3.05) is 0 Å². The molecule has 2 aromatic heterocycles. The summed E-state index contributed by atoms with van der Waals surface area (Å²) in [4.78, 5) is 31.0. The number of aromatic amines is 1. The molecule has 3 N–H and O–H groups in total. The average molecular weight is 521 g/mol. The fourth-order valence-corrected chi connectivity index (χ4v) is 6.74. The van der Waals surface area contributed by atoms with Crippen molar-refractivity contribution >= 4 is 41.5 Å². The zero-order valence-corrected chi connectivity index (χ0v) is 21.7. The van der Waals surface area contributed by atoms with Crippen molar-refractivity contribution in [2.45, 2.75) is 77.2 Å². The maximum atomic E-state index is 13.1. The van der Waals surface area contributed by atoms with Crippen LogP contribution in [0, 0.1) is 5.92 Å². The summed E-state index contributed by atoms with van der Waals surface area (Å²) in [5.41, 5.74) is 1.28. The smallest absolute Gasteiger partial charge is 0.397 e. The van der Waals surface area contributed by atoms with Gasteiger partial charge in [-0.25, -0.2) is 4.98 Å². The molecule has 0 amide bonds. The SMILES string of the molecule is CC(=O)c1c(-c2nc3c(C(C)(C)C4CC4)cc(Cl)cc3[nH]2)oc(P(=O)(O)OC2CCCCC2)c1O. The molecule has 0 saturated heterocycles. The molecular formula is C25H30ClN2O6P. The number of aromatic nitrogens is 2. The van der Waals surface area contributed by atoms with E-state index in [-0.39, 0.29) is 22.6 Å². The number of aromatic hydroxyl groups is 1. The van der Waals surface area contributed by atoms with Gasteiger partial charge >= 0.3 is 7.60 Å². The molecule has 0 radical (unpaired) electrons. The van der Waals surface area contributed by atoms with Gasteiger partial charge in [0.05, 0.1) is 17.1 Å². The van der Waals surface area contributed by atoms with Crippen LogP contribution < -0.4 is 5.50 Å². The average Bonchev–Trinajstić information content (AvgIpc) is 3.47. The maximum absolute atomic E-state index is 13.1. The van der Waals surface area contributed by atoms with Gasteiger partial charge in [0.15, 0.2) is 23.1 Å². The second kappa shape index (κ2) is 8.77. The molecule has 188 valence electrons. The molecule has 0 spiro atoms. The van der Waals surface area contributed by atoms with Crippen LogP contribution in [0.25, 0.3) is 22.6 Å². The highest BCUT2D eigenvalue weighted by molar-refractivity contribution is 7.61. The summed E-state index contributed by atoms with van der Waals surface area (Å²) in [6.45, 7) is 5.57. The highest BCUT2D eigenvalue weighted by atomic mass is 35.5. The molecule has 2 fully saturated rings. The van der Waals surface area contributed by atoms with Crippen molar-refractivity contribution in [3.63, 3.8) is 0 Å². The summed E-state index contributed by atoms with van der Waals surface area (Å²) in [7, 11) is -4.53. The molecule has 3 aromatic rings. The van der Waals surface area contributed by atoms with Crippen LogP contribution in [0.4, 0.5) is 0 Å². The maximum Gasteiger partial charge on any atom is 0.397 e. The lowest BCUT2D eigenvalue weighted by atomic mass is 9.79. The minimum Gasteiger partial charge on any atom is -0.503 e. The second-order valence-corrected chi connectivity index (χ2v) is 12.4. The lowest BCUT2D eigenvalue weighted by Gasteiger charge is -2.25. The highest BCUT2D eigenvalue weighted by Gasteiger charge is 2.42. The number of furan rings is 1. The Labute approximate surface area is 208 Å². The summed E-state index contributed by atoms with van der Waals surface area (Å²) in [6.07, 6.45) is 6.03. The van der Waals surface area contributed by atoms with Crippen molar-refractivity contribution in [1.29, 1.82) is 0 Å². The van der Waals surface area contributed by atoms with Crippen molar-refractivity contribution < 1.29 is 28.3 Å². The van der Waals surface area contributed by atoms with Crippen molar-refractivity contribution in [3.8, 4) is 17.3 Å². The lowest BCUT2D eigenvalue weighted by Crippen LogP contribution is -2.20. The summed E-state index contributed by atoms with van der Waals surface area (Å²) < 4.78 is 24.3. The van der Waals surface area contributed by atoms with Crippen LogP contribution in [0.2, 0.25) is 5.02 Å². The first kappa shape index (κ1) is 24.6. The summed E-state index contributed by atoms with van der Waals surface area (Å²) in [5, 5.41) is 11.3. The minimum atomic E-state index is -4.53. The normalized spacial score (nSPS) is 19.2. The zero-order chi connectivity index (χ0) is 25.1. The number of ketones is 1. The van der Waals surface area contributed by atoms with Crippen LogP contribution in [0.5, 0.6) is 5.75 Å². The van der Waals surface area contributed by atoms with Gasteiger partial charge in [0.25, 0.3) is 5.50 Å². The van der Waals surface area contributed by atoms with Crippen molar-refractivity contribution in [3.05, 3.63) is 28.3 Å². The number of imidazole rings is 1. The molecule has 1 atom stereocenters. The molecular weight excluding hydrogens is 491 g/mol. The first-order valence-corrected chi connectivity index (χ1v) is 14.0. The van der Waals surface area contributed by atoms with E-state index >= 15 is 0 Å². The summed E-state index contributed by atoms with van der Waals surface area (Å²) >= 11 is 6.42. The number of hydrogen-bond donors (Lipinski definition) is 3. The fourth-order valence-electron chi connectivity index (χ4n) is 5.22. The van der Waals surface area contributed by atoms with Crippen LogP contribution in [0.1, 0.15) is 81.6 Å². The molecule has 0 bridgehead atoms. The molecule has 2 saturated carbocycles. The number of carbonyl (C=O) groups is 1. The number of benzene rings is 1. The topological polar surface area (TPSA) is 126 Å². The quantitative estimate of drug-likeness (QED) is 0.249. The van der Waals surface area contributed by atoms with E-state index < -0.39 is 30.7 Å². The monoisotopic (exact) mass is 520 g/mol. The zero-order valence-electron chi connectivity index (χ0n) is 20.1. The molecule has 2 aliphatic rings. The van der Waals surface area contributed by atoms with E-state index in [4.69, 9.17) is 25.5 Å². The third kappa shape index (κ3) is 4.46. The van der Waals surface area contributed by atoms with Crippen LogP contribution in [0.3, 0.4) is 0 Å². The Hall–Kier alpha value is -2.12. The number of Topliss-reactive ketones (excluding diaryl/α,β-unsaturated/α-hetero) is 1. The summed E-state index contributed by atoms with van der Waals surface area (Å²) in [5.74, 6) is -0.629. The third-order valence-electron chi connectivity index (χ3n) is 7.38. The molecule has 8 nitrogen and oxygen atoms in total. The van der Waals surface area contributed by atoms with Crippen LogP contribution in [-0.2, 0) is 14.5 Å². The van der Waals surface area contributed by atoms with E-state index in [2.05, 4.69) is 18.8 Å². The largest absolute Gasteiger partial charge is 0.503 e. The molecule has 0 aliphatic heterocycles. The number of hydrogen-bond acceptors (Lipinski definition) is 6. The number of rotatable bonds is 7. The first-order chi connectivity index (χ1) is 16.5. The third-order valence-corrected chi connectivity index (χ3v) is 9.00. The van der Waals surface area contributed by atoms with E-state index in [9.17, 15) is 19.4 Å². The van der Waals surface area contributed by atoms with Crippen molar-refractivity contribution in [2.24, 2.45) is 5.92 Å². The van der Waals surface area contributed by atoms with Crippen LogP contribution in [0.15, 0.2) is 16.5 Å². The van der Waals surface area contributed by atoms with Gasteiger partial charge in [-0.15, -0.1) is 0 Å². The second-order valence-electron chi connectivity index (χ2n) is 10.3. The number of carbonyl (C=O) groups excluding carboxylic acids is 1. The van der Waals surface area contributed by atoms with Crippen LogP contribution in [-0.4, -0.2) is 31.9 Å². The molecule has 2 aliphatic carbocycles. The molecule has 1 aromatic carbocycles. The van der Waals surface area contributed by atoms with E-state index in [1.807, 2.05) is 6.07 Å². The van der Waals surface area contributed by atoms with Gasteiger partial charge in [-0.2, -0.15) is 0 Å². The highest BCUT2D eigenvalue weighted by Crippen LogP contribution is 2.51. The number of nitrogens with one attached hydrogen (secondary N) is 1. The molecule has 1 unspecified atom stereocenters.